The topological polar surface area (TPSA) is 63.4 Å². The number of halogens is 1. The fourth-order valence-corrected chi connectivity index (χ4v) is 2.60. The number of carbonyl (C=O) groups excluding carboxylic acids is 2. The summed E-state index contributed by atoms with van der Waals surface area (Å²) in [5.41, 5.74) is 7.01. The van der Waals surface area contributed by atoms with E-state index in [2.05, 4.69) is 15.9 Å². The van der Waals surface area contributed by atoms with Gasteiger partial charge in [-0.15, -0.1) is 0 Å². The maximum absolute atomic E-state index is 12.4. The molecule has 102 valence electrons. The molecule has 1 fully saturated rings. The predicted octanol–water partition coefficient (Wildman–Crippen LogP) is 2.10. The van der Waals surface area contributed by atoms with Crippen LogP contribution in [0.1, 0.15) is 28.8 Å². The van der Waals surface area contributed by atoms with Gasteiger partial charge in [0.1, 0.15) is 0 Å². The molecule has 1 atom stereocenters. The van der Waals surface area contributed by atoms with E-state index in [9.17, 15) is 9.59 Å². The molecular formula is C14H17BrN2O2. The highest BCUT2D eigenvalue weighted by atomic mass is 79.9. The second-order valence-corrected chi connectivity index (χ2v) is 5.81. The molecule has 2 amide bonds. The molecule has 1 aromatic rings. The number of rotatable bonds is 2. The molecular weight excluding hydrogens is 308 g/mol. The lowest BCUT2D eigenvalue weighted by Gasteiger charge is -2.31. The Labute approximate surface area is 121 Å². The van der Waals surface area contributed by atoms with Crippen molar-refractivity contribution in [3.05, 3.63) is 33.8 Å². The second-order valence-electron chi connectivity index (χ2n) is 4.96. The summed E-state index contributed by atoms with van der Waals surface area (Å²) in [6.07, 6.45) is 1.60. The maximum atomic E-state index is 12.4. The lowest BCUT2D eigenvalue weighted by Crippen LogP contribution is -2.44. The summed E-state index contributed by atoms with van der Waals surface area (Å²) in [6, 6.07) is 5.53. The van der Waals surface area contributed by atoms with Crippen LogP contribution in [-0.2, 0) is 4.79 Å². The molecule has 5 heteroatoms. The molecule has 19 heavy (non-hydrogen) atoms. The van der Waals surface area contributed by atoms with Crippen molar-refractivity contribution >= 4 is 27.7 Å². The third-order valence-corrected chi connectivity index (χ3v) is 4.41. The predicted molar refractivity (Wildman–Crippen MR) is 76.7 cm³/mol. The number of aryl methyl sites for hydroxylation is 1. The first-order valence-electron chi connectivity index (χ1n) is 6.34. The highest BCUT2D eigenvalue weighted by Gasteiger charge is 2.27. The zero-order valence-electron chi connectivity index (χ0n) is 10.9. The van der Waals surface area contributed by atoms with Gasteiger partial charge in [0, 0.05) is 23.1 Å². The fraction of sp³-hybridized carbons (Fsp3) is 0.429. The number of hydrogen-bond acceptors (Lipinski definition) is 2. The number of benzene rings is 1. The van der Waals surface area contributed by atoms with Gasteiger partial charge < -0.3 is 10.6 Å². The van der Waals surface area contributed by atoms with Crippen LogP contribution in [0.3, 0.4) is 0 Å². The average Bonchev–Trinajstić information content (AvgIpc) is 2.41. The number of carbonyl (C=O) groups is 2. The minimum atomic E-state index is -0.315. The summed E-state index contributed by atoms with van der Waals surface area (Å²) in [4.78, 5) is 25.3. The van der Waals surface area contributed by atoms with Gasteiger partial charge >= 0.3 is 0 Å². The lowest BCUT2D eigenvalue weighted by molar-refractivity contribution is -0.123. The molecule has 0 aromatic heterocycles. The molecule has 1 aliphatic rings. The van der Waals surface area contributed by atoms with Crippen LogP contribution < -0.4 is 5.73 Å². The second kappa shape index (κ2) is 5.74. The average molecular weight is 325 g/mol. The van der Waals surface area contributed by atoms with E-state index in [1.54, 1.807) is 11.0 Å². The van der Waals surface area contributed by atoms with Crippen molar-refractivity contribution in [1.82, 2.24) is 4.90 Å². The van der Waals surface area contributed by atoms with Gasteiger partial charge in [-0.2, -0.15) is 0 Å². The van der Waals surface area contributed by atoms with E-state index in [0.717, 1.165) is 22.9 Å². The molecule has 0 spiro atoms. The van der Waals surface area contributed by atoms with Gasteiger partial charge in [-0.05, 0) is 43.5 Å². The van der Waals surface area contributed by atoms with Gasteiger partial charge in [0.05, 0.1) is 5.92 Å². The number of nitrogens with two attached hydrogens (primary N) is 1. The monoisotopic (exact) mass is 324 g/mol. The Bertz CT molecular complexity index is 516. The summed E-state index contributed by atoms with van der Waals surface area (Å²) in [7, 11) is 0. The molecule has 0 aliphatic carbocycles. The standard InChI is InChI=1S/C14H17BrN2O2/c1-9-7-10(4-5-12(9)15)14(19)17-6-2-3-11(8-17)13(16)18/h4-5,7,11H,2-3,6,8H2,1H3,(H2,16,18). The van der Waals surface area contributed by atoms with Crippen molar-refractivity contribution in [2.24, 2.45) is 11.7 Å². The van der Waals surface area contributed by atoms with Gasteiger partial charge in [-0.25, -0.2) is 0 Å². The lowest BCUT2D eigenvalue weighted by atomic mass is 9.97. The van der Waals surface area contributed by atoms with Gasteiger partial charge in [0.2, 0.25) is 5.91 Å². The van der Waals surface area contributed by atoms with Crippen LogP contribution >= 0.6 is 15.9 Å². The van der Waals surface area contributed by atoms with Crippen LogP contribution in [-0.4, -0.2) is 29.8 Å². The Morgan fingerprint density at radius 1 is 1.42 bits per heavy atom. The van der Waals surface area contributed by atoms with E-state index >= 15 is 0 Å². The molecule has 2 rings (SSSR count). The van der Waals surface area contributed by atoms with Crippen molar-refractivity contribution in [2.45, 2.75) is 19.8 Å². The van der Waals surface area contributed by atoms with Crippen LogP contribution in [0, 0.1) is 12.8 Å². The molecule has 0 saturated carbocycles. The van der Waals surface area contributed by atoms with Crippen molar-refractivity contribution in [1.29, 1.82) is 0 Å². The number of amides is 2. The van der Waals surface area contributed by atoms with Crippen molar-refractivity contribution in [2.75, 3.05) is 13.1 Å². The SMILES string of the molecule is Cc1cc(C(=O)N2CCCC(C(N)=O)C2)ccc1Br. The van der Waals surface area contributed by atoms with Crippen molar-refractivity contribution < 1.29 is 9.59 Å². The highest BCUT2D eigenvalue weighted by Crippen LogP contribution is 2.21. The molecule has 4 nitrogen and oxygen atoms in total. The smallest absolute Gasteiger partial charge is 0.253 e. The molecule has 0 bridgehead atoms. The first-order valence-corrected chi connectivity index (χ1v) is 7.13. The summed E-state index contributed by atoms with van der Waals surface area (Å²) in [6.45, 7) is 3.07. The third kappa shape index (κ3) is 3.15. The van der Waals surface area contributed by atoms with Gasteiger partial charge in [0.15, 0.2) is 0 Å². The zero-order chi connectivity index (χ0) is 14.0. The Hall–Kier alpha value is -1.36. The van der Waals surface area contributed by atoms with E-state index in [1.807, 2.05) is 19.1 Å². The Morgan fingerprint density at radius 3 is 2.79 bits per heavy atom. The molecule has 1 aromatic carbocycles. The largest absolute Gasteiger partial charge is 0.369 e. The minimum Gasteiger partial charge on any atom is -0.369 e. The normalized spacial score (nSPS) is 19.3. The third-order valence-electron chi connectivity index (χ3n) is 3.52. The first-order chi connectivity index (χ1) is 8.99. The maximum Gasteiger partial charge on any atom is 0.253 e. The van der Waals surface area contributed by atoms with E-state index in [-0.39, 0.29) is 17.7 Å². The van der Waals surface area contributed by atoms with Crippen LogP contribution in [0.5, 0.6) is 0 Å². The summed E-state index contributed by atoms with van der Waals surface area (Å²) < 4.78 is 0.984. The van der Waals surface area contributed by atoms with E-state index in [4.69, 9.17) is 5.73 Å². The Balaban J connectivity index is 2.14. The van der Waals surface area contributed by atoms with Gasteiger partial charge in [0.25, 0.3) is 5.91 Å². The van der Waals surface area contributed by atoms with Crippen molar-refractivity contribution in [3.63, 3.8) is 0 Å². The Morgan fingerprint density at radius 2 is 2.16 bits per heavy atom. The van der Waals surface area contributed by atoms with E-state index in [1.165, 1.54) is 0 Å². The zero-order valence-corrected chi connectivity index (χ0v) is 12.4. The summed E-state index contributed by atoms with van der Waals surface area (Å²) in [5, 5.41) is 0. The number of primary amides is 1. The molecule has 1 saturated heterocycles. The van der Waals surface area contributed by atoms with Gasteiger partial charge in [-0.3, -0.25) is 9.59 Å². The van der Waals surface area contributed by atoms with E-state index in [0.29, 0.717) is 18.7 Å². The quantitative estimate of drug-likeness (QED) is 0.905. The molecule has 1 heterocycles. The minimum absolute atomic E-state index is 0.0263. The van der Waals surface area contributed by atoms with Crippen LogP contribution in [0.25, 0.3) is 0 Å². The highest BCUT2D eigenvalue weighted by molar-refractivity contribution is 9.10. The van der Waals surface area contributed by atoms with Crippen LogP contribution in [0.15, 0.2) is 22.7 Å². The van der Waals surface area contributed by atoms with Gasteiger partial charge in [-0.1, -0.05) is 15.9 Å². The van der Waals surface area contributed by atoms with Crippen LogP contribution in [0.4, 0.5) is 0 Å². The summed E-state index contributed by atoms with van der Waals surface area (Å²) in [5.74, 6) is -0.555. The first kappa shape index (κ1) is 14.1. The molecule has 0 radical (unpaired) electrons. The molecule has 1 aliphatic heterocycles. The molecule has 1 unspecified atom stereocenters. The summed E-state index contributed by atoms with van der Waals surface area (Å²) >= 11 is 3.42. The Kier molecular flexibility index (Phi) is 4.24. The van der Waals surface area contributed by atoms with Crippen molar-refractivity contribution in [3.8, 4) is 0 Å². The fourth-order valence-electron chi connectivity index (χ4n) is 2.35. The molecule has 2 N–H and O–H groups in total. The number of likely N-dealkylation sites (tertiary alicyclic amines) is 1. The number of piperidine rings is 1. The van der Waals surface area contributed by atoms with E-state index < -0.39 is 0 Å². The number of nitrogens with zero attached hydrogens (tertiary/aromatic N) is 1. The van der Waals surface area contributed by atoms with Crippen LogP contribution in [0.2, 0.25) is 0 Å². The number of hydrogen-bond donors (Lipinski definition) is 1.